The molecule has 0 aliphatic heterocycles. The zero-order chi connectivity index (χ0) is 10.1. The van der Waals surface area contributed by atoms with E-state index in [0.717, 1.165) is 0 Å². The van der Waals surface area contributed by atoms with Crippen LogP contribution in [0, 0.1) is 17.3 Å². The van der Waals surface area contributed by atoms with Crippen LogP contribution >= 0.6 is 0 Å². The fourth-order valence-corrected chi connectivity index (χ4v) is 2.28. The molecule has 0 radical (unpaired) electrons. The number of hydrogen-bond acceptors (Lipinski definition) is 0. The monoisotopic (exact) mass is 178 g/mol. The lowest BCUT2D eigenvalue weighted by atomic mass is 9.67. The van der Waals surface area contributed by atoms with Gasteiger partial charge in [-0.15, -0.1) is 0 Å². The molecule has 2 atom stereocenters. The summed E-state index contributed by atoms with van der Waals surface area (Å²) >= 11 is 0. The van der Waals surface area contributed by atoms with Crippen molar-refractivity contribution in [1.82, 2.24) is 0 Å². The highest BCUT2D eigenvalue weighted by Crippen LogP contribution is 2.41. The van der Waals surface area contributed by atoms with Gasteiger partial charge in [0.25, 0.3) is 0 Å². The Bertz CT molecular complexity index is 215. The van der Waals surface area contributed by atoms with E-state index >= 15 is 0 Å². The molecule has 1 rings (SSSR count). The Labute approximate surface area is 82.7 Å². The molecule has 0 amide bonds. The third-order valence-corrected chi connectivity index (χ3v) is 3.05. The molecule has 0 saturated carbocycles. The molecule has 0 aromatic rings. The summed E-state index contributed by atoms with van der Waals surface area (Å²) in [4.78, 5) is 0. The van der Waals surface area contributed by atoms with Crippen LogP contribution in [0.3, 0.4) is 0 Å². The van der Waals surface area contributed by atoms with E-state index < -0.39 is 0 Å². The van der Waals surface area contributed by atoms with Crippen molar-refractivity contribution in [2.45, 2.75) is 40.5 Å². The molecule has 0 heterocycles. The first kappa shape index (κ1) is 10.6. The smallest absolute Gasteiger partial charge is 0.0119 e. The van der Waals surface area contributed by atoms with Crippen LogP contribution in [0.15, 0.2) is 24.3 Å². The standard InChI is InChI=1S/C13H22/c1-10(2)11-8-6-7-9-12(11)13(3,4)5/h7,9,11-12H,1,6,8H2,2-5H3/t11-,12?/m1/s1. The Morgan fingerprint density at radius 1 is 1.38 bits per heavy atom. The minimum atomic E-state index is 0.376. The highest BCUT2D eigenvalue weighted by Gasteiger charge is 2.31. The van der Waals surface area contributed by atoms with Crippen LogP contribution in [0.25, 0.3) is 0 Å². The zero-order valence-electron chi connectivity index (χ0n) is 9.43. The maximum Gasteiger partial charge on any atom is -0.0119 e. The number of allylic oxidation sites excluding steroid dienone is 3. The van der Waals surface area contributed by atoms with Crippen molar-refractivity contribution in [2.75, 3.05) is 0 Å². The van der Waals surface area contributed by atoms with E-state index in [2.05, 4.69) is 46.4 Å². The van der Waals surface area contributed by atoms with Gasteiger partial charge in [0.05, 0.1) is 0 Å². The largest absolute Gasteiger partial charge is 0.0998 e. The van der Waals surface area contributed by atoms with Crippen LogP contribution in [0.1, 0.15) is 40.5 Å². The Hall–Kier alpha value is -0.520. The van der Waals surface area contributed by atoms with Gasteiger partial charge in [0.1, 0.15) is 0 Å². The Balaban J connectivity index is 2.84. The molecule has 1 unspecified atom stereocenters. The van der Waals surface area contributed by atoms with Crippen molar-refractivity contribution in [1.29, 1.82) is 0 Å². The molecule has 0 N–H and O–H groups in total. The summed E-state index contributed by atoms with van der Waals surface area (Å²) in [6.45, 7) is 13.2. The Kier molecular flexibility index (Phi) is 3.00. The fourth-order valence-electron chi connectivity index (χ4n) is 2.28. The van der Waals surface area contributed by atoms with Crippen molar-refractivity contribution in [2.24, 2.45) is 17.3 Å². The SMILES string of the molecule is C=C(C)[C@H]1CCC=CC1C(C)(C)C. The summed E-state index contributed by atoms with van der Waals surface area (Å²) in [7, 11) is 0. The Morgan fingerprint density at radius 2 is 2.00 bits per heavy atom. The second kappa shape index (κ2) is 3.69. The van der Waals surface area contributed by atoms with E-state index in [-0.39, 0.29) is 0 Å². The Morgan fingerprint density at radius 3 is 2.38 bits per heavy atom. The average Bonchev–Trinajstić information content (AvgIpc) is 2.03. The molecular formula is C13H22. The van der Waals surface area contributed by atoms with Gasteiger partial charge < -0.3 is 0 Å². The van der Waals surface area contributed by atoms with Crippen molar-refractivity contribution < 1.29 is 0 Å². The summed E-state index contributed by atoms with van der Waals surface area (Å²) in [6.07, 6.45) is 7.23. The molecule has 13 heavy (non-hydrogen) atoms. The van der Waals surface area contributed by atoms with Gasteiger partial charge in [0.15, 0.2) is 0 Å². The first-order valence-corrected chi connectivity index (χ1v) is 5.25. The second-order valence-electron chi connectivity index (χ2n) is 5.35. The van der Waals surface area contributed by atoms with Gasteiger partial charge in [-0.05, 0) is 37.0 Å². The normalized spacial score (nSPS) is 28.9. The summed E-state index contributed by atoms with van der Waals surface area (Å²) in [5, 5.41) is 0. The van der Waals surface area contributed by atoms with Gasteiger partial charge >= 0.3 is 0 Å². The molecule has 0 bridgehead atoms. The topological polar surface area (TPSA) is 0 Å². The lowest BCUT2D eigenvalue weighted by Crippen LogP contribution is -2.28. The predicted octanol–water partition coefficient (Wildman–Crippen LogP) is 4.19. The van der Waals surface area contributed by atoms with E-state index in [9.17, 15) is 0 Å². The lowest BCUT2D eigenvalue weighted by Gasteiger charge is -2.37. The second-order valence-corrected chi connectivity index (χ2v) is 5.35. The molecular weight excluding hydrogens is 156 g/mol. The van der Waals surface area contributed by atoms with Gasteiger partial charge in [-0.2, -0.15) is 0 Å². The number of hydrogen-bond donors (Lipinski definition) is 0. The quantitative estimate of drug-likeness (QED) is 0.528. The summed E-state index contributed by atoms with van der Waals surface area (Å²) in [5.41, 5.74) is 1.73. The van der Waals surface area contributed by atoms with E-state index in [0.29, 0.717) is 17.3 Å². The predicted molar refractivity (Wildman–Crippen MR) is 59.6 cm³/mol. The molecule has 0 aromatic heterocycles. The van der Waals surface area contributed by atoms with Crippen molar-refractivity contribution in [3.05, 3.63) is 24.3 Å². The molecule has 0 aromatic carbocycles. The van der Waals surface area contributed by atoms with Gasteiger partial charge in [-0.25, -0.2) is 0 Å². The van der Waals surface area contributed by atoms with Crippen LogP contribution in [0.5, 0.6) is 0 Å². The van der Waals surface area contributed by atoms with E-state index in [1.165, 1.54) is 18.4 Å². The third-order valence-electron chi connectivity index (χ3n) is 3.05. The van der Waals surface area contributed by atoms with E-state index in [1.54, 1.807) is 0 Å². The molecule has 0 heteroatoms. The maximum absolute atomic E-state index is 4.11. The summed E-state index contributed by atoms with van der Waals surface area (Å²) in [6, 6.07) is 0. The molecule has 0 saturated heterocycles. The number of rotatable bonds is 1. The maximum atomic E-state index is 4.11. The van der Waals surface area contributed by atoms with Crippen LogP contribution < -0.4 is 0 Å². The van der Waals surface area contributed by atoms with Crippen LogP contribution in [0.4, 0.5) is 0 Å². The van der Waals surface area contributed by atoms with Gasteiger partial charge in [-0.1, -0.05) is 45.1 Å². The molecule has 1 aliphatic rings. The minimum absolute atomic E-state index is 0.376. The third kappa shape index (κ3) is 2.46. The van der Waals surface area contributed by atoms with Crippen molar-refractivity contribution in [3.63, 3.8) is 0 Å². The molecule has 74 valence electrons. The van der Waals surface area contributed by atoms with Gasteiger partial charge in [-0.3, -0.25) is 0 Å². The first-order chi connectivity index (χ1) is 5.93. The molecule has 1 aliphatic carbocycles. The van der Waals surface area contributed by atoms with Crippen LogP contribution in [-0.4, -0.2) is 0 Å². The summed E-state index contributed by atoms with van der Waals surface area (Å²) in [5.74, 6) is 1.38. The van der Waals surface area contributed by atoms with E-state index in [4.69, 9.17) is 0 Å². The molecule has 0 spiro atoms. The van der Waals surface area contributed by atoms with Gasteiger partial charge in [0, 0.05) is 0 Å². The lowest BCUT2D eigenvalue weighted by molar-refractivity contribution is 0.213. The highest BCUT2D eigenvalue weighted by atomic mass is 14.4. The minimum Gasteiger partial charge on any atom is -0.0998 e. The van der Waals surface area contributed by atoms with Crippen LogP contribution in [-0.2, 0) is 0 Å². The highest BCUT2D eigenvalue weighted by molar-refractivity contribution is 5.11. The average molecular weight is 178 g/mol. The van der Waals surface area contributed by atoms with Crippen LogP contribution in [0.2, 0.25) is 0 Å². The molecule has 0 nitrogen and oxygen atoms in total. The van der Waals surface area contributed by atoms with Crippen molar-refractivity contribution >= 4 is 0 Å². The fraction of sp³-hybridized carbons (Fsp3) is 0.692. The first-order valence-electron chi connectivity index (χ1n) is 5.25. The molecule has 0 fully saturated rings. The van der Waals surface area contributed by atoms with Gasteiger partial charge in [0.2, 0.25) is 0 Å². The van der Waals surface area contributed by atoms with E-state index in [1.807, 2.05) is 0 Å². The zero-order valence-corrected chi connectivity index (χ0v) is 9.43. The summed E-state index contributed by atoms with van der Waals surface area (Å²) < 4.78 is 0. The van der Waals surface area contributed by atoms with Crippen molar-refractivity contribution in [3.8, 4) is 0 Å².